The number of hydrogen-bond acceptors (Lipinski definition) is 5. The minimum absolute atomic E-state index is 0.0837. The smallest absolute Gasteiger partial charge is 0.337 e. The van der Waals surface area contributed by atoms with Gasteiger partial charge in [0.1, 0.15) is 18.5 Å². The van der Waals surface area contributed by atoms with E-state index in [0.717, 1.165) is 5.56 Å². The van der Waals surface area contributed by atoms with Crippen LogP contribution in [0, 0.1) is 5.92 Å². The minimum atomic E-state index is -0.421. The first-order valence-corrected chi connectivity index (χ1v) is 7.27. The van der Waals surface area contributed by atoms with Crippen LogP contribution in [0.1, 0.15) is 32.4 Å². The van der Waals surface area contributed by atoms with E-state index in [-0.39, 0.29) is 31.2 Å². The van der Waals surface area contributed by atoms with Crippen molar-refractivity contribution in [3.63, 3.8) is 0 Å². The topological polar surface area (TPSA) is 61.8 Å². The van der Waals surface area contributed by atoms with Gasteiger partial charge >= 0.3 is 11.9 Å². The molecule has 2 unspecified atom stereocenters. The molecular weight excluding hydrogens is 284 g/mol. The molecule has 0 N–H and O–H groups in total. The zero-order valence-electron chi connectivity index (χ0n) is 13.0. The molecule has 0 bridgehead atoms. The van der Waals surface area contributed by atoms with Gasteiger partial charge in [0.25, 0.3) is 0 Å². The van der Waals surface area contributed by atoms with Crippen molar-refractivity contribution >= 4 is 11.9 Å². The van der Waals surface area contributed by atoms with Gasteiger partial charge in [-0.2, -0.15) is 0 Å². The average molecular weight is 304 g/mol. The molecule has 1 aliphatic heterocycles. The highest BCUT2D eigenvalue weighted by atomic mass is 16.5. The summed E-state index contributed by atoms with van der Waals surface area (Å²) in [5.41, 5.74) is 1.37. The maximum atomic E-state index is 12.2. The maximum absolute atomic E-state index is 12.2. The van der Waals surface area contributed by atoms with Crippen molar-refractivity contribution in [1.82, 2.24) is 0 Å². The molecular formula is C17H20O5. The number of hydrogen-bond donors (Lipinski definition) is 0. The SMILES string of the molecule is CCOC(=O)C1=C(C)OC(c2ccccc2)C1COC(C)=O. The fourth-order valence-corrected chi connectivity index (χ4v) is 2.57. The van der Waals surface area contributed by atoms with Crippen molar-refractivity contribution in [2.45, 2.75) is 26.9 Å². The monoisotopic (exact) mass is 304 g/mol. The van der Waals surface area contributed by atoms with Crippen LogP contribution in [0.4, 0.5) is 0 Å². The summed E-state index contributed by atoms with van der Waals surface area (Å²) in [6.07, 6.45) is -0.361. The Balaban J connectivity index is 2.29. The van der Waals surface area contributed by atoms with Crippen LogP contribution >= 0.6 is 0 Å². The maximum Gasteiger partial charge on any atom is 0.337 e. The predicted molar refractivity (Wildman–Crippen MR) is 79.7 cm³/mol. The standard InChI is InChI=1S/C17H20O5/c1-4-20-17(19)15-11(2)22-16(13-8-6-5-7-9-13)14(15)10-21-12(3)18/h5-9,14,16H,4,10H2,1-3H3. The van der Waals surface area contributed by atoms with Gasteiger partial charge < -0.3 is 14.2 Å². The first-order valence-electron chi connectivity index (χ1n) is 7.27. The molecule has 0 radical (unpaired) electrons. The molecule has 0 spiro atoms. The summed E-state index contributed by atoms with van der Waals surface area (Å²) < 4.78 is 16.1. The van der Waals surface area contributed by atoms with Gasteiger partial charge in [-0.3, -0.25) is 4.79 Å². The largest absolute Gasteiger partial charge is 0.489 e. The predicted octanol–water partition coefficient (Wildman–Crippen LogP) is 2.77. The summed E-state index contributed by atoms with van der Waals surface area (Å²) in [5, 5.41) is 0. The second-order valence-electron chi connectivity index (χ2n) is 5.05. The number of carbonyl (C=O) groups is 2. The van der Waals surface area contributed by atoms with Gasteiger partial charge in [0, 0.05) is 6.92 Å². The van der Waals surface area contributed by atoms with Gasteiger partial charge in [-0.1, -0.05) is 30.3 Å². The molecule has 1 aromatic rings. The lowest BCUT2D eigenvalue weighted by Gasteiger charge is -2.20. The van der Waals surface area contributed by atoms with Crippen molar-refractivity contribution in [1.29, 1.82) is 0 Å². The third kappa shape index (κ3) is 3.47. The van der Waals surface area contributed by atoms with Crippen molar-refractivity contribution in [3.8, 4) is 0 Å². The highest BCUT2D eigenvalue weighted by Crippen LogP contribution is 2.41. The molecule has 2 rings (SSSR count). The molecule has 0 aliphatic carbocycles. The lowest BCUT2D eigenvalue weighted by Crippen LogP contribution is -2.23. The molecule has 0 aromatic heterocycles. The average Bonchev–Trinajstić information content (AvgIpc) is 2.83. The number of esters is 2. The third-order valence-corrected chi connectivity index (χ3v) is 3.51. The zero-order valence-corrected chi connectivity index (χ0v) is 13.0. The molecule has 5 heteroatoms. The Morgan fingerprint density at radius 3 is 2.45 bits per heavy atom. The van der Waals surface area contributed by atoms with Crippen molar-refractivity contribution in [3.05, 3.63) is 47.2 Å². The normalized spacial score (nSPS) is 20.5. The van der Waals surface area contributed by atoms with E-state index in [9.17, 15) is 9.59 Å². The van der Waals surface area contributed by atoms with E-state index in [0.29, 0.717) is 11.3 Å². The summed E-state index contributed by atoms with van der Waals surface area (Å²) in [4.78, 5) is 23.3. The first-order chi connectivity index (χ1) is 10.5. The van der Waals surface area contributed by atoms with Gasteiger partial charge in [0.15, 0.2) is 0 Å². The molecule has 5 nitrogen and oxygen atoms in total. The Bertz CT molecular complexity index is 576. The molecule has 118 valence electrons. The summed E-state index contributed by atoms with van der Waals surface area (Å²) in [5.74, 6) is -0.662. The van der Waals surface area contributed by atoms with Crippen molar-refractivity contribution in [2.24, 2.45) is 5.92 Å². The second-order valence-corrected chi connectivity index (χ2v) is 5.05. The van der Waals surface area contributed by atoms with Crippen molar-refractivity contribution < 1.29 is 23.8 Å². The Labute approximate surface area is 129 Å². The number of carbonyl (C=O) groups excluding carboxylic acids is 2. The highest BCUT2D eigenvalue weighted by Gasteiger charge is 2.41. The first kappa shape index (κ1) is 16.1. The molecule has 2 atom stereocenters. The number of rotatable bonds is 5. The quantitative estimate of drug-likeness (QED) is 0.783. The fraction of sp³-hybridized carbons (Fsp3) is 0.412. The molecule has 0 saturated heterocycles. The van der Waals surface area contributed by atoms with E-state index in [2.05, 4.69) is 0 Å². The van der Waals surface area contributed by atoms with E-state index in [1.54, 1.807) is 13.8 Å². The third-order valence-electron chi connectivity index (χ3n) is 3.51. The lowest BCUT2D eigenvalue weighted by atomic mass is 9.91. The number of benzene rings is 1. The Kier molecular flexibility index (Phi) is 5.20. The zero-order chi connectivity index (χ0) is 16.1. The lowest BCUT2D eigenvalue weighted by molar-refractivity contribution is -0.145. The fourth-order valence-electron chi connectivity index (χ4n) is 2.57. The van der Waals surface area contributed by atoms with Gasteiger partial charge in [-0.25, -0.2) is 4.79 Å². The summed E-state index contributed by atoms with van der Waals surface area (Å²) in [7, 11) is 0. The number of allylic oxidation sites excluding steroid dienone is 1. The molecule has 0 saturated carbocycles. The van der Waals surface area contributed by atoms with E-state index >= 15 is 0 Å². The van der Waals surface area contributed by atoms with Crippen molar-refractivity contribution in [2.75, 3.05) is 13.2 Å². The molecule has 1 heterocycles. The van der Waals surface area contributed by atoms with Gasteiger partial charge in [-0.15, -0.1) is 0 Å². The molecule has 1 aromatic carbocycles. The summed E-state index contributed by atoms with van der Waals surface area (Å²) >= 11 is 0. The van der Waals surface area contributed by atoms with Crippen LogP contribution in [0.3, 0.4) is 0 Å². The Morgan fingerprint density at radius 2 is 1.86 bits per heavy atom. The van der Waals surface area contributed by atoms with Crippen LogP contribution in [-0.2, 0) is 23.8 Å². The van der Waals surface area contributed by atoms with Crippen LogP contribution in [-0.4, -0.2) is 25.2 Å². The highest BCUT2D eigenvalue weighted by molar-refractivity contribution is 5.90. The second kappa shape index (κ2) is 7.11. The van der Waals surface area contributed by atoms with Crippen LogP contribution in [0.25, 0.3) is 0 Å². The van der Waals surface area contributed by atoms with E-state index in [1.165, 1.54) is 6.92 Å². The van der Waals surface area contributed by atoms with Gasteiger partial charge in [0.05, 0.1) is 18.1 Å². The number of ether oxygens (including phenoxy) is 3. The van der Waals surface area contributed by atoms with Gasteiger partial charge in [0.2, 0.25) is 0 Å². The Hall–Kier alpha value is -2.30. The van der Waals surface area contributed by atoms with Crippen LogP contribution in [0.2, 0.25) is 0 Å². The van der Waals surface area contributed by atoms with E-state index in [1.807, 2.05) is 30.3 Å². The molecule has 0 amide bonds. The van der Waals surface area contributed by atoms with Crippen LogP contribution in [0.15, 0.2) is 41.7 Å². The summed E-state index contributed by atoms with van der Waals surface area (Å²) in [6, 6.07) is 9.56. The molecule has 0 fully saturated rings. The molecule has 22 heavy (non-hydrogen) atoms. The van der Waals surface area contributed by atoms with Crippen LogP contribution in [0.5, 0.6) is 0 Å². The molecule has 1 aliphatic rings. The van der Waals surface area contributed by atoms with E-state index in [4.69, 9.17) is 14.2 Å². The summed E-state index contributed by atoms with van der Waals surface area (Å²) in [6.45, 7) is 5.19. The van der Waals surface area contributed by atoms with Gasteiger partial charge in [-0.05, 0) is 19.4 Å². The minimum Gasteiger partial charge on any atom is -0.489 e. The Morgan fingerprint density at radius 1 is 1.18 bits per heavy atom. The van der Waals surface area contributed by atoms with E-state index < -0.39 is 5.97 Å². The van der Waals surface area contributed by atoms with Crippen LogP contribution < -0.4 is 0 Å².